The average Bonchev–Trinajstić information content (AvgIpc) is 1.55. The van der Waals surface area contributed by atoms with E-state index in [0.717, 1.165) is 200 Å². The van der Waals surface area contributed by atoms with Crippen LogP contribution < -0.4 is 0 Å². The highest BCUT2D eigenvalue weighted by molar-refractivity contribution is 6.20. The minimum absolute atomic E-state index is 0.897. The van der Waals surface area contributed by atoms with Gasteiger partial charge in [-0.15, -0.1) is 0 Å². The van der Waals surface area contributed by atoms with Crippen molar-refractivity contribution in [2.75, 3.05) is 0 Å². The molecule has 0 amide bonds. The van der Waals surface area contributed by atoms with E-state index in [0.29, 0.717) is 0 Å². The van der Waals surface area contributed by atoms with Crippen molar-refractivity contribution in [1.82, 2.24) is 77.4 Å². The smallest absolute Gasteiger partial charge is 0.165 e. The molecule has 28 aromatic rings. The van der Waals surface area contributed by atoms with Crippen LogP contribution >= 0.6 is 0 Å². The van der Waals surface area contributed by atoms with E-state index in [4.69, 9.17) is 29.9 Å². The Balaban J connectivity index is 0.0000000829. The average molecular weight is 1790 g/mol. The molecular weight excluding hydrogens is 1710 g/mol. The van der Waals surface area contributed by atoms with Gasteiger partial charge in [0.05, 0.1) is 96.5 Å². The standard InChI is InChI=1S/4C31H18N4/c1-2-5-20-17(4-1)15-24-21(20)9-7-18-14-19-8-10-25-30(28(19)27(18)24)34-31-23-6-3-12-33-29(23)22-11-13-32-16-26(22)35(25)31;1-2-5-20-17(4-1)15-24-21(20)9-7-18-14-19-8-10-25-30(28(19)27(18)24)34-31-29-23(6-3-12-33-29)22-11-13-32-16-26(22)35(25)31;1-2-4-20-17(3-1)14-24-21(20)7-5-18-13-19-6-8-26-30(29(19)28(18)24)34-31-23-10-12-32-15-25(23)22-9-11-33-16-27(22)35(26)31;1-2-4-20-17(3-1)14-24-21(20)7-5-18-13-19-6-8-26-30(29(19)28(18)24)34-31-25-15-32-11-9-22(25)23-10-12-33-16-27(23)35(26)31/h2*1-13,16H,14-15H2;2*1-12,15-16H,13-14H2. The Hall–Kier alpha value is -18.3. The Labute approximate surface area is 796 Å². The monoisotopic (exact) mass is 1780 g/mol. The number of imidazole rings is 4. The van der Waals surface area contributed by atoms with E-state index < -0.39 is 0 Å². The van der Waals surface area contributed by atoms with Crippen LogP contribution in [-0.4, -0.2) is 77.4 Å². The molecule has 140 heavy (non-hydrogen) atoms. The Bertz CT molecular complexity index is 9460. The van der Waals surface area contributed by atoms with Crippen LogP contribution in [0.4, 0.5) is 0 Å². The fourth-order valence-corrected chi connectivity index (χ4v) is 26.2. The van der Waals surface area contributed by atoms with Gasteiger partial charge >= 0.3 is 0 Å². The Morgan fingerprint density at radius 3 is 0.864 bits per heavy atom. The second kappa shape index (κ2) is 27.7. The number of fused-ring (bicyclic) bond motifs is 64. The van der Waals surface area contributed by atoms with Crippen molar-refractivity contribution in [3.8, 4) is 89.0 Å². The third-order valence-electron chi connectivity index (χ3n) is 32.0. The topological polar surface area (TPSA) is 172 Å². The molecule has 8 aliphatic carbocycles. The van der Waals surface area contributed by atoms with Gasteiger partial charge in [0, 0.05) is 133 Å². The molecule has 0 unspecified atom stereocenters. The van der Waals surface area contributed by atoms with E-state index in [9.17, 15) is 0 Å². The fraction of sp³-hybridized carbons (Fsp3) is 0.0645. The van der Waals surface area contributed by atoms with Crippen LogP contribution in [0.1, 0.15) is 89.0 Å². The SMILES string of the molecule is c1ccc2c(c1)Cc1c-2ccc2c1-c1c(ccc3c1nc1c4cccnc4c4ccncc4n31)C2.c1ccc2c(c1)Cc1c-2ccc2c1-c1c(ccc3c1nc1c4ccncc4c4ccncc4n31)C2.c1ccc2c(c1)Cc1c-2ccc2c1-c1c(ccc3c1nc1c4cnccc4c4ccncc4n31)C2.c1ccc2c(c1)Cc1c-2ccc2c1-c1c(ccc3c1nc1c4ncccc4c4ccncc4n31)C2. The Kier molecular flexibility index (Phi) is 14.9. The maximum absolute atomic E-state index is 5.35. The minimum Gasteiger partial charge on any atom is -0.290 e. The van der Waals surface area contributed by atoms with E-state index in [1.807, 2.05) is 98.9 Å². The van der Waals surface area contributed by atoms with Gasteiger partial charge in [-0.3, -0.25) is 57.5 Å². The first-order valence-electron chi connectivity index (χ1n) is 48.2. The van der Waals surface area contributed by atoms with Gasteiger partial charge < -0.3 is 0 Å². The maximum Gasteiger partial charge on any atom is 0.165 e. The van der Waals surface area contributed by atoms with Crippen molar-refractivity contribution in [1.29, 1.82) is 0 Å². The van der Waals surface area contributed by atoms with Crippen molar-refractivity contribution in [2.45, 2.75) is 51.4 Å². The van der Waals surface area contributed by atoms with Crippen molar-refractivity contribution in [3.63, 3.8) is 0 Å². The molecule has 0 N–H and O–H groups in total. The number of hydrogen-bond acceptors (Lipinski definition) is 12. The van der Waals surface area contributed by atoms with Gasteiger partial charge in [0.2, 0.25) is 0 Å². The van der Waals surface area contributed by atoms with Crippen LogP contribution in [0.15, 0.2) is 342 Å². The van der Waals surface area contributed by atoms with Crippen molar-refractivity contribution in [2.24, 2.45) is 0 Å². The summed E-state index contributed by atoms with van der Waals surface area (Å²) in [4.78, 5) is 57.5. The third kappa shape index (κ3) is 10.1. The predicted octanol–water partition coefficient (Wildman–Crippen LogP) is 26.9. The van der Waals surface area contributed by atoms with Gasteiger partial charge in [-0.05, 0) is 291 Å². The highest BCUT2D eigenvalue weighted by atomic mass is 15.1. The van der Waals surface area contributed by atoms with Gasteiger partial charge in [-0.2, -0.15) is 0 Å². The lowest BCUT2D eigenvalue weighted by molar-refractivity contribution is 1.23. The number of nitrogens with zero attached hydrogens (tertiary/aromatic N) is 16. The summed E-state index contributed by atoms with van der Waals surface area (Å²) in [5.74, 6) is 0. The second-order valence-corrected chi connectivity index (χ2v) is 38.7. The summed E-state index contributed by atoms with van der Waals surface area (Å²) in [5, 5.41) is 11.2. The molecule has 16 heterocycles. The second-order valence-electron chi connectivity index (χ2n) is 38.7. The molecule has 0 bridgehead atoms. The van der Waals surface area contributed by atoms with Crippen molar-refractivity contribution >= 4 is 154 Å². The van der Waals surface area contributed by atoms with Crippen LogP contribution in [0.2, 0.25) is 0 Å². The molecule has 0 spiro atoms. The Morgan fingerprint density at radius 1 is 0.157 bits per heavy atom. The van der Waals surface area contributed by atoms with Crippen LogP contribution in [0.3, 0.4) is 0 Å². The molecular formula is C124H72N16. The summed E-state index contributed by atoms with van der Waals surface area (Å²) in [7, 11) is 0. The van der Waals surface area contributed by atoms with Crippen LogP contribution in [0, 0.1) is 0 Å². The number of benzene rings is 12. The molecule has 16 nitrogen and oxygen atoms in total. The lowest BCUT2D eigenvalue weighted by atomic mass is 9.94. The highest BCUT2D eigenvalue weighted by Gasteiger charge is 2.38. The third-order valence-corrected chi connectivity index (χ3v) is 32.0. The van der Waals surface area contributed by atoms with E-state index in [1.165, 1.54) is 183 Å². The number of rotatable bonds is 0. The molecule has 16 aromatic heterocycles. The first-order chi connectivity index (χ1) is 69.5. The van der Waals surface area contributed by atoms with Gasteiger partial charge in [0.1, 0.15) is 22.5 Å². The zero-order valence-electron chi connectivity index (χ0n) is 75.1. The van der Waals surface area contributed by atoms with E-state index in [-0.39, 0.29) is 0 Å². The van der Waals surface area contributed by atoms with E-state index in [1.54, 1.807) is 0 Å². The summed E-state index contributed by atoms with van der Waals surface area (Å²) in [6.45, 7) is 0. The minimum atomic E-state index is 0.897. The first-order valence-corrected chi connectivity index (χ1v) is 48.2. The van der Waals surface area contributed by atoms with Crippen LogP contribution in [-0.2, 0) is 51.4 Å². The highest BCUT2D eigenvalue weighted by Crippen LogP contribution is 2.57. The quantitative estimate of drug-likeness (QED) is 0.132. The molecule has 0 saturated carbocycles. The summed E-state index contributed by atoms with van der Waals surface area (Å²) in [5.41, 5.74) is 63.1. The maximum atomic E-state index is 5.35. The van der Waals surface area contributed by atoms with E-state index in [2.05, 4.69) is 290 Å². The molecule has 36 rings (SSSR count). The first kappa shape index (κ1) is 75.1. The largest absolute Gasteiger partial charge is 0.290 e. The molecule has 0 fully saturated rings. The van der Waals surface area contributed by atoms with Gasteiger partial charge in [-0.25, -0.2) is 19.9 Å². The molecule has 12 aromatic carbocycles. The van der Waals surface area contributed by atoms with Gasteiger partial charge in [0.25, 0.3) is 0 Å². The molecule has 0 saturated heterocycles. The normalized spacial score (nSPS) is 13.5. The summed E-state index contributed by atoms with van der Waals surface area (Å²) < 4.78 is 9.09. The Morgan fingerprint density at radius 2 is 0.450 bits per heavy atom. The van der Waals surface area contributed by atoms with Crippen LogP contribution in [0.5, 0.6) is 0 Å². The fourth-order valence-electron chi connectivity index (χ4n) is 26.2. The molecule has 0 radical (unpaired) electrons. The molecule has 8 aliphatic rings. The molecule has 16 heteroatoms. The van der Waals surface area contributed by atoms with Crippen molar-refractivity contribution in [3.05, 3.63) is 431 Å². The van der Waals surface area contributed by atoms with Crippen molar-refractivity contribution < 1.29 is 0 Å². The zero-order valence-corrected chi connectivity index (χ0v) is 75.1. The lowest BCUT2D eigenvalue weighted by Gasteiger charge is -2.10. The summed E-state index contributed by atoms with van der Waals surface area (Å²) >= 11 is 0. The number of hydrogen-bond donors (Lipinski definition) is 0. The number of aromatic nitrogens is 16. The molecule has 0 aliphatic heterocycles. The summed E-state index contributed by atoms with van der Waals surface area (Å²) in [6.07, 6.45) is 34.3. The van der Waals surface area contributed by atoms with E-state index >= 15 is 0 Å². The summed E-state index contributed by atoms with van der Waals surface area (Å²) in [6, 6.07) is 92.8. The van der Waals surface area contributed by atoms with Gasteiger partial charge in [-0.1, -0.05) is 176 Å². The zero-order chi connectivity index (χ0) is 90.7. The molecule has 0 atom stereocenters. The van der Waals surface area contributed by atoms with Gasteiger partial charge in [0.15, 0.2) is 5.65 Å². The number of pyridine rings is 12. The lowest BCUT2D eigenvalue weighted by Crippen LogP contribution is -1.93. The van der Waals surface area contributed by atoms with Crippen LogP contribution in [0.25, 0.3) is 243 Å². The molecule has 648 valence electrons. The predicted molar refractivity (Wildman–Crippen MR) is 559 cm³/mol.